The molecule has 96 valence electrons. The van der Waals surface area contributed by atoms with Crippen molar-refractivity contribution in [1.82, 2.24) is 0 Å². The fraction of sp³-hybridized carbons (Fsp3) is 0.538. The van der Waals surface area contributed by atoms with Crippen LogP contribution in [0.1, 0.15) is 45.2 Å². The van der Waals surface area contributed by atoms with Crippen LogP contribution in [0.3, 0.4) is 0 Å². The molecule has 1 rings (SSSR count). The van der Waals surface area contributed by atoms with Crippen molar-refractivity contribution in [3.63, 3.8) is 0 Å². The molecule has 0 fully saturated rings. The van der Waals surface area contributed by atoms with Crippen LogP contribution in [0.25, 0.3) is 0 Å². The van der Waals surface area contributed by atoms with Gasteiger partial charge in [0.05, 0.1) is 5.02 Å². The third-order valence-corrected chi connectivity index (χ3v) is 2.93. The minimum absolute atomic E-state index is 0.124. The fourth-order valence-corrected chi connectivity index (χ4v) is 1.72. The smallest absolute Gasteiger partial charge is 0.142 e. The lowest BCUT2D eigenvalue weighted by molar-refractivity contribution is 0.347. The Morgan fingerprint density at radius 1 is 1.24 bits per heavy atom. The maximum Gasteiger partial charge on any atom is 0.142 e. The molecule has 2 N–H and O–H groups in total. The van der Waals surface area contributed by atoms with Crippen molar-refractivity contribution in [1.29, 1.82) is 0 Å². The highest BCUT2D eigenvalue weighted by molar-refractivity contribution is 6.30. The average molecular weight is 262 g/mol. The zero-order valence-electron chi connectivity index (χ0n) is 10.4. The van der Waals surface area contributed by atoms with E-state index in [1.807, 2.05) is 0 Å². The van der Waals surface area contributed by atoms with Gasteiger partial charge >= 0.3 is 0 Å². The second-order valence-corrected chi connectivity index (χ2v) is 5.90. The number of hydrogen-bond donors (Lipinski definition) is 1. The lowest BCUT2D eigenvalue weighted by Crippen LogP contribution is -2.16. The van der Waals surface area contributed by atoms with Crippen LogP contribution in [-0.4, -0.2) is 0 Å². The van der Waals surface area contributed by atoms with Crippen molar-refractivity contribution in [2.24, 2.45) is 11.1 Å². The number of halogens is 3. The van der Waals surface area contributed by atoms with Crippen LogP contribution < -0.4 is 5.73 Å². The zero-order chi connectivity index (χ0) is 13.2. The minimum atomic E-state index is -0.630. The van der Waals surface area contributed by atoms with Gasteiger partial charge in [-0.05, 0) is 30.4 Å². The van der Waals surface area contributed by atoms with E-state index in [1.165, 1.54) is 0 Å². The largest absolute Gasteiger partial charge is 0.324 e. The van der Waals surface area contributed by atoms with Gasteiger partial charge in [-0.15, -0.1) is 0 Å². The molecule has 1 unspecified atom stereocenters. The predicted molar refractivity (Wildman–Crippen MR) is 67.0 cm³/mol. The molecule has 1 atom stereocenters. The molecule has 1 aromatic rings. The summed E-state index contributed by atoms with van der Waals surface area (Å²) in [5, 5.41) is -0.214. The SMILES string of the molecule is CC(C)(C)CCC(N)c1cc(F)c(Cl)cc1F. The molecule has 0 bridgehead atoms. The summed E-state index contributed by atoms with van der Waals surface area (Å²) in [7, 11) is 0. The molecule has 1 aromatic carbocycles. The highest BCUT2D eigenvalue weighted by Crippen LogP contribution is 2.29. The molecule has 1 nitrogen and oxygen atoms in total. The summed E-state index contributed by atoms with van der Waals surface area (Å²) in [5.74, 6) is -1.17. The molecule has 4 heteroatoms. The van der Waals surface area contributed by atoms with Crippen molar-refractivity contribution in [2.45, 2.75) is 39.7 Å². The van der Waals surface area contributed by atoms with E-state index in [0.29, 0.717) is 6.42 Å². The van der Waals surface area contributed by atoms with Crippen LogP contribution in [0.4, 0.5) is 8.78 Å². The third-order valence-electron chi connectivity index (χ3n) is 2.64. The first-order chi connectivity index (χ1) is 7.70. The van der Waals surface area contributed by atoms with Gasteiger partial charge in [0.2, 0.25) is 0 Å². The van der Waals surface area contributed by atoms with Gasteiger partial charge in [-0.3, -0.25) is 0 Å². The van der Waals surface area contributed by atoms with Crippen molar-refractivity contribution >= 4 is 11.6 Å². The first kappa shape index (κ1) is 14.4. The van der Waals surface area contributed by atoms with Crippen molar-refractivity contribution in [2.75, 3.05) is 0 Å². The summed E-state index contributed by atoms with van der Waals surface area (Å²) in [5.41, 5.74) is 6.19. The van der Waals surface area contributed by atoms with E-state index in [0.717, 1.165) is 18.6 Å². The van der Waals surface area contributed by atoms with E-state index in [-0.39, 0.29) is 16.0 Å². The lowest BCUT2D eigenvalue weighted by Gasteiger charge is -2.21. The molecule has 0 aliphatic carbocycles. The second-order valence-electron chi connectivity index (χ2n) is 5.49. The molecule has 17 heavy (non-hydrogen) atoms. The van der Waals surface area contributed by atoms with E-state index in [1.54, 1.807) is 0 Å². The first-order valence-corrected chi connectivity index (χ1v) is 5.98. The van der Waals surface area contributed by atoms with Gasteiger partial charge in [-0.1, -0.05) is 32.4 Å². The predicted octanol–water partition coefficient (Wildman–Crippen LogP) is 4.44. The normalized spacial score (nSPS) is 13.8. The number of hydrogen-bond acceptors (Lipinski definition) is 1. The molecule has 0 spiro atoms. The van der Waals surface area contributed by atoms with Crippen molar-refractivity contribution in [3.8, 4) is 0 Å². The molecule has 0 saturated heterocycles. The highest BCUT2D eigenvalue weighted by atomic mass is 35.5. The Balaban J connectivity index is 2.82. The molecule has 0 aliphatic heterocycles. The maximum absolute atomic E-state index is 13.6. The number of rotatable bonds is 3. The van der Waals surface area contributed by atoms with Crippen LogP contribution in [0.2, 0.25) is 5.02 Å². The van der Waals surface area contributed by atoms with Crippen LogP contribution in [0, 0.1) is 17.0 Å². The Bertz CT molecular complexity index is 399. The second kappa shape index (κ2) is 5.32. The van der Waals surface area contributed by atoms with Gasteiger partial charge in [0, 0.05) is 11.6 Å². The molecule has 0 amide bonds. The van der Waals surface area contributed by atoms with E-state index >= 15 is 0 Å². The van der Waals surface area contributed by atoms with E-state index in [9.17, 15) is 8.78 Å². The van der Waals surface area contributed by atoms with Gasteiger partial charge in [-0.25, -0.2) is 8.78 Å². The molecule has 0 saturated carbocycles. The van der Waals surface area contributed by atoms with E-state index in [2.05, 4.69) is 20.8 Å². The quantitative estimate of drug-likeness (QED) is 0.800. The van der Waals surface area contributed by atoms with Crippen LogP contribution in [0.5, 0.6) is 0 Å². The standard InChI is InChI=1S/C13H18ClF2N/c1-13(2,3)5-4-12(17)8-6-11(16)9(14)7-10(8)15/h6-7,12H,4-5,17H2,1-3H3. The molecule has 0 heterocycles. The van der Waals surface area contributed by atoms with Gasteiger partial charge < -0.3 is 5.73 Å². The Labute approximate surface area is 106 Å². The van der Waals surface area contributed by atoms with Crippen molar-refractivity contribution < 1.29 is 8.78 Å². The monoisotopic (exact) mass is 261 g/mol. The zero-order valence-corrected chi connectivity index (χ0v) is 11.1. The number of nitrogens with two attached hydrogens (primary N) is 1. The minimum Gasteiger partial charge on any atom is -0.324 e. The van der Waals surface area contributed by atoms with Gasteiger partial charge in [0.15, 0.2) is 0 Å². The topological polar surface area (TPSA) is 26.0 Å². The summed E-state index contributed by atoms with van der Waals surface area (Å²) in [6, 6.07) is 1.56. The van der Waals surface area contributed by atoms with Gasteiger partial charge in [0.1, 0.15) is 11.6 Å². The Kier molecular flexibility index (Phi) is 4.50. The fourth-order valence-electron chi connectivity index (χ4n) is 1.57. The third kappa shape index (κ3) is 4.25. The summed E-state index contributed by atoms with van der Waals surface area (Å²) >= 11 is 5.48. The van der Waals surface area contributed by atoms with E-state index < -0.39 is 17.7 Å². The Morgan fingerprint density at radius 3 is 2.35 bits per heavy atom. The van der Waals surface area contributed by atoms with Crippen LogP contribution in [0.15, 0.2) is 12.1 Å². The summed E-state index contributed by atoms with van der Waals surface area (Å²) in [6.07, 6.45) is 1.46. The Morgan fingerprint density at radius 2 is 1.82 bits per heavy atom. The van der Waals surface area contributed by atoms with Gasteiger partial charge in [-0.2, -0.15) is 0 Å². The molecule has 0 radical (unpaired) electrons. The number of benzene rings is 1. The molecule has 0 aromatic heterocycles. The van der Waals surface area contributed by atoms with Crippen LogP contribution >= 0.6 is 11.6 Å². The van der Waals surface area contributed by atoms with E-state index in [4.69, 9.17) is 17.3 Å². The highest BCUT2D eigenvalue weighted by Gasteiger charge is 2.18. The summed E-state index contributed by atoms with van der Waals surface area (Å²) in [6.45, 7) is 6.25. The average Bonchev–Trinajstić information content (AvgIpc) is 2.19. The molecular weight excluding hydrogens is 244 g/mol. The van der Waals surface area contributed by atoms with Gasteiger partial charge in [0.25, 0.3) is 0 Å². The lowest BCUT2D eigenvalue weighted by atomic mass is 9.87. The molecular formula is C13H18ClF2N. The summed E-state index contributed by atoms with van der Waals surface area (Å²) < 4.78 is 26.8. The maximum atomic E-state index is 13.6. The molecule has 0 aliphatic rings. The Hall–Kier alpha value is -0.670. The van der Waals surface area contributed by atoms with Crippen molar-refractivity contribution in [3.05, 3.63) is 34.4 Å². The van der Waals surface area contributed by atoms with Crippen LogP contribution in [-0.2, 0) is 0 Å². The first-order valence-electron chi connectivity index (χ1n) is 5.61. The summed E-state index contributed by atoms with van der Waals surface area (Å²) in [4.78, 5) is 0.